The highest BCUT2D eigenvalue weighted by Crippen LogP contribution is 2.25. The number of hydrogen-bond donors (Lipinski definition) is 0. The topological polar surface area (TPSA) is 35.0 Å². The van der Waals surface area contributed by atoms with Crippen LogP contribution in [0.3, 0.4) is 0 Å². The summed E-state index contributed by atoms with van der Waals surface area (Å²) in [6.45, 7) is 0.381. The van der Waals surface area contributed by atoms with Crippen LogP contribution < -0.4 is 4.74 Å². The molecule has 0 radical (unpaired) electrons. The number of benzene rings is 2. The molecule has 0 atom stereocenters. The Morgan fingerprint density at radius 2 is 1.89 bits per heavy atom. The van der Waals surface area contributed by atoms with E-state index in [1.807, 2.05) is 30.3 Å². The molecule has 0 saturated heterocycles. The van der Waals surface area contributed by atoms with Crippen LogP contribution in [0.25, 0.3) is 10.8 Å². The van der Waals surface area contributed by atoms with E-state index in [2.05, 4.69) is 32.2 Å². The minimum absolute atomic E-state index is 0.381. The first-order valence-electron chi connectivity index (χ1n) is 5.51. The standard InChI is InChI=1S/C13H8BrClN2OS/c14-10-3-1-9-6-11(4-2-8(9)5-10)18-7-12-16-17-13(15)19-12/h1-6H,7H2. The lowest BCUT2D eigenvalue weighted by molar-refractivity contribution is 0.305. The number of nitrogens with zero attached hydrogens (tertiary/aromatic N) is 2. The van der Waals surface area contributed by atoms with Gasteiger partial charge >= 0.3 is 0 Å². The van der Waals surface area contributed by atoms with Gasteiger partial charge in [0.05, 0.1) is 0 Å². The monoisotopic (exact) mass is 354 g/mol. The van der Waals surface area contributed by atoms with Crippen molar-refractivity contribution in [3.8, 4) is 5.75 Å². The summed E-state index contributed by atoms with van der Waals surface area (Å²) in [7, 11) is 0. The van der Waals surface area contributed by atoms with Gasteiger partial charge in [0.25, 0.3) is 0 Å². The molecule has 2 aromatic carbocycles. The molecule has 0 unspecified atom stereocenters. The lowest BCUT2D eigenvalue weighted by Gasteiger charge is -2.05. The lowest BCUT2D eigenvalue weighted by atomic mass is 10.1. The van der Waals surface area contributed by atoms with E-state index < -0.39 is 0 Å². The van der Waals surface area contributed by atoms with Crippen molar-refractivity contribution in [1.82, 2.24) is 10.2 Å². The summed E-state index contributed by atoms with van der Waals surface area (Å²) < 4.78 is 7.18. The van der Waals surface area contributed by atoms with Gasteiger partial charge in [0.1, 0.15) is 12.4 Å². The zero-order chi connectivity index (χ0) is 13.2. The van der Waals surface area contributed by atoms with Gasteiger partial charge in [0.2, 0.25) is 4.47 Å². The van der Waals surface area contributed by atoms with Crippen LogP contribution in [-0.2, 0) is 6.61 Å². The number of ether oxygens (including phenoxy) is 1. The van der Waals surface area contributed by atoms with Gasteiger partial charge in [-0.05, 0) is 46.6 Å². The third-order valence-electron chi connectivity index (χ3n) is 2.58. The Bertz CT molecular complexity index is 731. The summed E-state index contributed by atoms with van der Waals surface area (Å²) in [5.41, 5.74) is 0. The highest BCUT2D eigenvalue weighted by Gasteiger charge is 2.03. The van der Waals surface area contributed by atoms with Crippen LogP contribution in [0.4, 0.5) is 0 Å². The molecule has 3 aromatic rings. The van der Waals surface area contributed by atoms with E-state index >= 15 is 0 Å². The lowest BCUT2D eigenvalue weighted by Crippen LogP contribution is -1.94. The van der Waals surface area contributed by atoms with Crippen molar-refractivity contribution >= 4 is 49.6 Å². The molecule has 1 aromatic heterocycles. The van der Waals surface area contributed by atoms with E-state index in [1.54, 1.807) is 0 Å². The van der Waals surface area contributed by atoms with Crippen LogP contribution in [0.5, 0.6) is 5.75 Å². The molecule has 3 nitrogen and oxygen atoms in total. The third kappa shape index (κ3) is 3.05. The Morgan fingerprint density at radius 3 is 2.68 bits per heavy atom. The van der Waals surface area contributed by atoms with Crippen LogP contribution in [0, 0.1) is 0 Å². The van der Waals surface area contributed by atoms with Crippen molar-refractivity contribution in [3.05, 3.63) is 50.3 Å². The number of aromatic nitrogens is 2. The Morgan fingerprint density at radius 1 is 1.11 bits per heavy atom. The van der Waals surface area contributed by atoms with Crippen molar-refractivity contribution in [2.24, 2.45) is 0 Å². The maximum absolute atomic E-state index is 5.72. The van der Waals surface area contributed by atoms with Crippen LogP contribution in [-0.4, -0.2) is 10.2 Å². The van der Waals surface area contributed by atoms with E-state index in [-0.39, 0.29) is 0 Å². The molecule has 0 bridgehead atoms. The Kier molecular flexibility index (Phi) is 3.68. The summed E-state index contributed by atoms with van der Waals surface area (Å²) in [5.74, 6) is 0.807. The fourth-order valence-corrected chi connectivity index (χ4v) is 2.88. The summed E-state index contributed by atoms with van der Waals surface area (Å²) >= 11 is 10.5. The number of halogens is 2. The van der Waals surface area contributed by atoms with Crippen molar-refractivity contribution in [2.45, 2.75) is 6.61 Å². The molecule has 0 aliphatic rings. The molecule has 0 fully saturated rings. The minimum atomic E-state index is 0.381. The average Bonchev–Trinajstić information content (AvgIpc) is 2.82. The van der Waals surface area contributed by atoms with Crippen LogP contribution in [0.1, 0.15) is 5.01 Å². The SMILES string of the molecule is Clc1nnc(COc2ccc3cc(Br)ccc3c2)s1. The molecular weight excluding hydrogens is 348 g/mol. The molecular formula is C13H8BrClN2OS. The number of fused-ring (bicyclic) bond motifs is 1. The zero-order valence-corrected chi connectivity index (χ0v) is 12.8. The summed E-state index contributed by atoms with van der Waals surface area (Å²) in [6, 6.07) is 12.1. The summed E-state index contributed by atoms with van der Waals surface area (Å²) in [4.78, 5) is 0. The molecule has 0 N–H and O–H groups in total. The molecule has 0 aliphatic heterocycles. The zero-order valence-electron chi connectivity index (χ0n) is 9.64. The molecule has 0 amide bonds. The van der Waals surface area contributed by atoms with Crippen LogP contribution in [0.2, 0.25) is 4.47 Å². The average molecular weight is 356 g/mol. The normalized spacial score (nSPS) is 10.8. The van der Waals surface area contributed by atoms with Crippen LogP contribution >= 0.6 is 38.9 Å². The van der Waals surface area contributed by atoms with Crippen molar-refractivity contribution in [2.75, 3.05) is 0 Å². The van der Waals surface area contributed by atoms with E-state index in [1.165, 1.54) is 16.7 Å². The smallest absolute Gasteiger partial charge is 0.207 e. The van der Waals surface area contributed by atoms with E-state index in [0.717, 1.165) is 20.6 Å². The Balaban J connectivity index is 1.79. The second-order valence-electron chi connectivity index (χ2n) is 3.89. The maximum Gasteiger partial charge on any atom is 0.207 e. The summed E-state index contributed by atoms with van der Waals surface area (Å²) in [5, 5.41) is 10.7. The molecule has 96 valence electrons. The second-order valence-corrected chi connectivity index (χ2v) is 6.45. The molecule has 19 heavy (non-hydrogen) atoms. The molecule has 0 saturated carbocycles. The molecule has 0 aliphatic carbocycles. The van der Waals surface area contributed by atoms with Gasteiger partial charge in [0.15, 0.2) is 5.01 Å². The predicted molar refractivity (Wildman–Crippen MR) is 80.9 cm³/mol. The number of hydrogen-bond acceptors (Lipinski definition) is 4. The van der Waals surface area contributed by atoms with Crippen molar-refractivity contribution in [3.63, 3.8) is 0 Å². The second kappa shape index (κ2) is 5.45. The molecule has 6 heteroatoms. The highest BCUT2D eigenvalue weighted by atomic mass is 79.9. The Labute approximate surface area is 127 Å². The first-order valence-corrected chi connectivity index (χ1v) is 7.49. The van der Waals surface area contributed by atoms with Gasteiger partial charge in [-0.2, -0.15) is 0 Å². The molecule has 1 heterocycles. The quantitative estimate of drug-likeness (QED) is 0.684. The van der Waals surface area contributed by atoms with Gasteiger partial charge < -0.3 is 4.74 Å². The maximum atomic E-state index is 5.72. The van der Waals surface area contributed by atoms with E-state index in [0.29, 0.717) is 11.1 Å². The first-order chi connectivity index (χ1) is 9.20. The van der Waals surface area contributed by atoms with Gasteiger partial charge in [-0.25, -0.2) is 0 Å². The Hall–Kier alpha value is -1.17. The van der Waals surface area contributed by atoms with Gasteiger partial charge in [0, 0.05) is 4.47 Å². The predicted octanol–water partition coefficient (Wildman–Crippen LogP) is 4.69. The number of rotatable bonds is 3. The molecule has 0 spiro atoms. The fraction of sp³-hybridized carbons (Fsp3) is 0.0769. The van der Waals surface area contributed by atoms with Crippen LogP contribution in [0.15, 0.2) is 40.9 Å². The van der Waals surface area contributed by atoms with E-state index in [4.69, 9.17) is 16.3 Å². The minimum Gasteiger partial charge on any atom is -0.486 e. The van der Waals surface area contributed by atoms with Crippen molar-refractivity contribution in [1.29, 1.82) is 0 Å². The highest BCUT2D eigenvalue weighted by molar-refractivity contribution is 9.10. The third-order valence-corrected chi connectivity index (χ3v) is 4.06. The first kappa shape index (κ1) is 12.8. The van der Waals surface area contributed by atoms with Crippen molar-refractivity contribution < 1.29 is 4.74 Å². The molecule has 3 rings (SSSR count). The van der Waals surface area contributed by atoms with Gasteiger partial charge in [-0.3, -0.25) is 0 Å². The van der Waals surface area contributed by atoms with Gasteiger partial charge in [-0.15, -0.1) is 10.2 Å². The summed E-state index contributed by atoms with van der Waals surface area (Å²) in [6.07, 6.45) is 0. The van der Waals surface area contributed by atoms with Gasteiger partial charge in [-0.1, -0.05) is 39.4 Å². The largest absolute Gasteiger partial charge is 0.486 e. The fourth-order valence-electron chi connectivity index (χ4n) is 1.72. The van der Waals surface area contributed by atoms with E-state index in [9.17, 15) is 0 Å².